The van der Waals surface area contributed by atoms with E-state index in [0.717, 1.165) is 29.4 Å². The molecule has 1 saturated heterocycles. The van der Waals surface area contributed by atoms with Crippen molar-refractivity contribution in [2.45, 2.75) is 30.7 Å². The third-order valence-electron chi connectivity index (χ3n) is 4.62. The van der Waals surface area contributed by atoms with E-state index in [2.05, 4.69) is 5.32 Å². The minimum Gasteiger partial charge on any atom is -0.493 e. The largest absolute Gasteiger partial charge is 0.493 e. The molecule has 2 aromatic carbocycles. The maximum Gasteiger partial charge on any atom is 0.243 e. The molecule has 0 aliphatic carbocycles. The second-order valence-corrected chi connectivity index (χ2v) is 7.91. The van der Waals surface area contributed by atoms with Gasteiger partial charge in [0.1, 0.15) is 5.75 Å². The van der Waals surface area contributed by atoms with Crippen molar-refractivity contribution in [1.82, 2.24) is 9.62 Å². The van der Waals surface area contributed by atoms with Crippen molar-refractivity contribution in [3.05, 3.63) is 36.4 Å². The second-order valence-electron chi connectivity index (χ2n) is 6.01. The van der Waals surface area contributed by atoms with Gasteiger partial charge in [0.25, 0.3) is 0 Å². The number of hydrogen-bond acceptors (Lipinski definition) is 4. The van der Waals surface area contributed by atoms with Gasteiger partial charge in [-0.05, 0) is 38.9 Å². The van der Waals surface area contributed by atoms with Crippen LogP contribution in [0.2, 0.25) is 0 Å². The van der Waals surface area contributed by atoms with E-state index >= 15 is 0 Å². The van der Waals surface area contributed by atoms with Gasteiger partial charge in [-0.2, -0.15) is 4.31 Å². The first-order chi connectivity index (χ1) is 11.6. The smallest absolute Gasteiger partial charge is 0.243 e. The normalized spacial score (nSPS) is 17.2. The molecule has 0 unspecified atom stereocenters. The van der Waals surface area contributed by atoms with E-state index in [-0.39, 0.29) is 0 Å². The maximum absolute atomic E-state index is 13.1. The standard InChI is InChI=1S/C18H24N2O3S/c1-3-23-17-8-9-18(16-7-5-4-6-15(16)17)24(21,22)20-12-10-14(19-2)11-13-20/h4-9,14,19H,3,10-13H2,1-2H3. The van der Waals surface area contributed by atoms with Gasteiger partial charge in [-0.1, -0.05) is 24.3 Å². The second kappa shape index (κ2) is 7.09. The summed E-state index contributed by atoms with van der Waals surface area (Å²) in [5.41, 5.74) is 0. The zero-order chi connectivity index (χ0) is 17.2. The fourth-order valence-electron chi connectivity index (χ4n) is 3.27. The molecule has 0 atom stereocenters. The summed E-state index contributed by atoms with van der Waals surface area (Å²) in [6.45, 7) is 3.57. The maximum atomic E-state index is 13.1. The van der Waals surface area contributed by atoms with Gasteiger partial charge in [-0.3, -0.25) is 0 Å². The van der Waals surface area contributed by atoms with Crippen molar-refractivity contribution >= 4 is 20.8 Å². The van der Waals surface area contributed by atoms with Crippen LogP contribution in [0.4, 0.5) is 0 Å². The van der Waals surface area contributed by atoms with E-state index in [4.69, 9.17) is 4.74 Å². The Hall–Kier alpha value is -1.63. The molecule has 1 heterocycles. The van der Waals surface area contributed by atoms with E-state index < -0.39 is 10.0 Å². The van der Waals surface area contributed by atoms with Crippen molar-refractivity contribution in [1.29, 1.82) is 0 Å². The van der Waals surface area contributed by atoms with Gasteiger partial charge >= 0.3 is 0 Å². The zero-order valence-corrected chi connectivity index (χ0v) is 15.0. The Labute approximate surface area is 143 Å². The highest BCUT2D eigenvalue weighted by Crippen LogP contribution is 2.33. The number of benzene rings is 2. The Balaban J connectivity index is 2.01. The molecule has 5 nitrogen and oxygen atoms in total. The van der Waals surface area contributed by atoms with Crippen LogP contribution in [-0.4, -0.2) is 45.5 Å². The lowest BCUT2D eigenvalue weighted by molar-refractivity contribution is 0.298. The number of nitrogens with one attached hydrogen (secondary N) is 1. The lowest BCUT2D eigenvalue weighted by Crippen LogP contribution is -2.43. The first-order valence-electron chi connectivity index (χ1n) is 8.40. The summed E-state index contributed by atoms with van der Waals surface area (Å²) in [7, 11) is -1.58. The molecule has 1 aliphatic heterocycles. The number of fused-ring (bicyclic) bond motifs is 1. The highest BCUT2D eigenvalue weighted by atomic mass is 32.2. The SMILES string of the molecule is CCOc1ccc(S(=O)(=O)N2CCC(NC)CC2)c2ccccc12. The minimum atomic E-state index is -3.50. The summed E-state index contributed by atoms with van der Waals surface area (Å²) in [6, 6.07) is 11.4. The van der Waals surface area contributed by atoms with Crippen molar-refractivity contribution in [2.75, 3.05) is 26.7 Å². The van der Waals surface area contributed by atoms with E-state index in [1.165, 1.54) is 0 Å². The first kappa shape index (κ1) is 17.2. The summed E-state index contributed by atoms with van der Waals surface area (Å²) >= 11 is 0. The fraction of sp³-hybridized carbons (Fsp3) is 0.444. The molecule has 130 valence electrons. The molecule has 0 radical (unpaired) electrons. The molecule has 2 aromatic rings. The van der Waals surface area contributed by atoms with Crippen LogP contribution in [0.5, 0.6) is 5.75 Å². The Morgan fingerprint density at radius 3 is 2.42 bits per heavy atom. The molecule has 0 bridgehead atoms. The number of piperidine rings is 1. The van der Waals surface area contributed by atoms with Gasteiger partial charge in [0.15, 0.2) is 0 Å². The lowest BCUT2D eigenvalue weighted by Gasteiger charge is -2.31. The Morgan fingerprint density at radius 2 is 1.79 bits per heavy atom. The van der Waals surface area contributed by atoms with Crippen LogP contribution in [0.25, 0.3) is 10.8 Å². The van der Waals surface area contributed by atoms with Gasteiger partial charge in [-0.25, -0.2) is 8.42 Å². The third kappa shape index (κ3) is 3.14. The topological polar surface area (TPSA) is 58.6 Å². The molecule has 0 saturated carbocycles. The van der Waals surface area contributed by atoms with Gasteiger partial charge < -0.3 is 10.1 Å². The average molecular weight is 348 g/mol. The monoisotopic (exact) mass is 348 g/mol. The highest BCUT2D eigenvalue weighted by Gasteiger charge is 2.30. The van der Waals surface area contributed by atoms with Crippen LogP contribution in [0.3, 0.4) is 0 Å². The van der Waals surface area contributed by atoms with E-state index in [0.29, 0.717) is 30.6 Å². The summed E-state index contributed by atoms with van der Waals surface area (Å²) < 4.78 is 33.5. The molecule has 0 amide bonds. The zero-order valence-electron chi connectivity index (χ0n) is 14.2. The molecule has 0 spiro atoms. The van der Waals surface area contributed by atoms with Crippen LogP contribution >= 0.6 is 0 Å². The van der Waals surface area contributed by atoms with Gasteiger partial charge in [-0.15, -0.1) is 0 Å². The summed E-state index contributed by atoms with van der Waals surface area (Å²) in [6.07, 6.45) is 1.68. The van der Waals surface area contributed by atoms with E-state index in [1.54, 1.807) is 16.4 Å². The molecule has 1 aliphatic rings. The van der Waals surface area contributed by atoms with Gasteiger partial charge in [0.05, 0.1) is 11.5 Å². The average Bonchev–Trinajstić information content (AvgIpc) is 2.62. The fourth-order valence-corrected chi connectivity index (χ4v) is 4.94. The van der Waals surface area contributed by atoms with Gasteiger partial charge in [0.2, 0.25) is 10.0 Å². The Kier molecular flexibility index (Phi) is 5.08. The number of hydrogen-bond donors (Lipinski definition) is 1. The van der Waals surface area contributed by atoms with E-state index in [9.17, 15) is 8.42 Å². The Morgan fingerprint density at radius 1 is 1.12 bits per heavy atom. The van der Waals surface area contributed by atoms with Crippen LogP contribution in [0, 0.1) is 0 Å². The molecular formula is C18H24N2O3S. The molecule has 1 N–H and O–H groups in total. The van der Waals surface area contributed by atoms with Crippen molar-refractivity contribution < 1.29 is 13.2 Å². The molecular weight excluding hydrogens is 324 g/mol. The van der Waals surface area contributed by atoms with Crippen molar-refractivity contribution in [2.24, 2.45) is 0 Å². The van der Waals surface area contributed by atoms with Crippen LogP contribution in [0.15, 0.2) is 41.3 Å². The van der Waals surface area contributed by atoms with Crippen LogP contribution in [-0.2, 0) is 10.0 Å². The first-order valence-corrected chi connectivity index (χ1v) is 9.84. The summed E-state index contributed by atoms with van der Waals surface area (Å²) in [5, 5.41) is 4.79. The summed E-state index contributed by atoms with van der Waals surface area (Å²) in [5.74, 6) is 0.723. The third-order valence-corrected chi connectivity index (χ3v) is 6.58. The van der Waals surface area contributed by atoms with Crippen LogP contribution in [0.1, 0.15) is 19.8 Å². The number of rotatable bonds is 5. The molecule has 6 heteroatoms. The predicted octanol–water partition coefficient (Wildman–Crippen LogP) is 2.61. The Bertz CT molecular complexity index is 812. The number of sulfonamides is 1. The number of nitrogens with zero attached hydrogens (tertiary/aromatic N) is 1. The van der Waals surface area contributed by atoms with Crippen LogP contribution < -0.4 is 10.1 Å². The number of ether oxygens (including phenoxy) is 1. The van der Waals surface area contributed by atoms with E-state index in [1.807, 2.05) is 38.2 Å². The molecule has 1 fully saturated rings. The highest BCUT2D eigenvalue weighted by molar-refractivity contribution is 7.89. The molecule has 0 aromatic heterocycles. The molecule has 24 heavy (non-hydrogen) atoms. The van der Waals surface area contributed by atoms with Crippen molar-refractivity contribution in [3.63, 3.8) is 0 Å². The molecule has 3 rings (SSSR count). The summed E-state index contributed by atoms with van der Waals surface area (Å²) in [4.78, 5) is 0.365. The lowest BCUT2D eigenvalue weighted by atomic mass is 10.1. The predicted molar refractivity (Wildman–Crippen MR) is 96.0 cm³/mol. The van der Waals surface area contributed by atoms with Crippen molar-refractivity contribution in [3.8, 4) is 5.75 Å². The van der Waals surface area contributed by atoms with Gasteiger partial charge in [0, 0.05) is 29.9 Å². The minimum absolute atomic E-state index is 0.365. The quantitative estimate of drug-likeness (QED) is 0.902.